The molecule has 0 unspecified atom stereocenters. The maximum Gasteiger partial charge on any atom is 0.226 e. The average molecular weight is 317 g/mol. The number of benzene rings is 1. The fourth-order valence-electron chi connectivity index (χ4n) is 2.14. The van der Waals surface area contributed by atoms with Gasteiger partial charge < -0.3 is 19.9 Å². The maximum absolute atomic E-state index is 5.34. The number of guanidine groups is 1. The van der Waals surface area contributed by atoms with Gasteiger partial charge >= 0.3 is 0 Å². The van der Waals surface area contributed by atoms with Crippen LogP contribution in [0.2, 0.25) is 0 Å². The zero-order valence-corrected chi connectivity index (χ0v) is 13.8. The lowest BCUT2D eigenvalue weighted by molar-refractivity contribution is 0.372. The summed E-state index contributed by atoms with van der Waals surface area (Å²) in [6.45, 7) is 3.23. The molecule has 0 saturated heterocycles. The molecule has 0 aliphatic heterocycles. The summed E-state index contributed by atoms with van der Waals surface area (Å²) in [5.74, 6) is 2.95. The predicted octanol–water partition coefficient (Wildman–Crippen LogP) is 1.68. The van der Waals surface area contributed by atoms with E-state index in [1.54, 1.807) is 14.2 Å². The number of para-hydroxylation sites is 1. The minimum Gasteiger partial charge on any atom is -0.496 e. The summed E-state index contributed by atoms with van der Waals surface area (Å²) in [7, 11) is 3.42. The highest BCUT2D eigenvalue weighted by atomic mass is 16.5. The molecule has 2 rings (SSSR count). The second kappa shape index (κ2) is 8.77. The number of hydrogen-bond donors (Lipinski definition) is 2. The van der Waals surface area contributed by atoms with Gasteiger partial charge in [-0.25, -0.2) is 0 Å². The van der Waals surface area contributed by atoms with Crippen LogP contribution in [0, 0.1) is 6.92 Å². The molecule has 0 fully saturated rings. The summed E-state index contributed by atoms with van der Waals surface area (Å²) >= 11 is 0. The van der Waals surface area contributed by atoms with Crippen LogP contribution in [0.4, 0.5) is 0 Å². The molecule has 0 aliphatic rings. The normalized spacial score (nSPS) is 11.3. The second-order valence-corrected chi connectivity index (χ2v) is 5.00. The first kappa shape index (κ1) is 16.8. The second-order valence-electron chi connectivity index (χ2n) is 5.00. The van der Waals surface area contributed by atoms with Crippen LogP contribution in [0.15, 0.2) is 33.8 Å². The van der Waals surface area contributed by atoms with E-state index >= 15 is 0 Å². The minimum absolute atomic E-state index is 0.645. The molecule has 2 N–H and O–H groups in total. The van der Waals surface area contributed by atoms with Gasteiger partial charge in [-0.1, -0.05) is 23.4 Å². The highest BCUT2D eigenvalue weighted by Gasteiger charge is 2.04. The van der Waals surface area contributed by atoms with Gasteiger partial charge in [0.1, 0.15) is 5.75 Å². The van der Waals surface area contributed by atoms with Crippen LogP contribution in [0.25, 0.3) is 0 Å². The molecule has 1 aromatic heterocycles. The number of rotatable bonds is 7. The van der Waals surface area contributed by atoms with E-state index in [4.69, 9.17) is 9.26 Å². The molecule has 124 valence electrons. The smallest absolute Gasteiger partial charge is 0.226 e. The first-order chi connectivity index (χ1) is 11.2. The predicted molar refractivity (Wildman–Crippen MR) is 88.6 cm³/mol. The van der Waals surface area contributed by atoms with E-state index in [-0.39, 0.29) is 0 Å². The highest BCUT2D eigenvalue weighted by Crippen LogP contribution is 2.16. The van der Waals surface area contributed by atoms with Gasteiger partial charge in [0.2, 0.25) is 5.89 Å². The van der Waals surface area contributed by atoms with E-state index in [1.165, 1.54) is 0 Å². The number of aromatic nitrogens is 2. The molecule has 1 aromatic carbocycles. The lowest BCUT2D eigenvalue weighted by Gasteiger charge is -2.13. The summed E-state index contributed by atoms with van der Waals surface area (Å²) in [6.07, 6.45) is 1.63. The number of ether oxygens (including phenoxy) is 1. The van der Waals surface area contributed by atoms with Gasteiger partial charge in [0, 0.05) is 32.1 Å². The Balaban J connectivity index is 1.73. The van der Waals surface area contributed by atoms with E-state index in [1.807, 2.05) is 31.2 Å². The lowest BCUT2D eigenvalue weighted by Crippen LogP contribution is -2.37. The van der Waals surface area contributed by atoms with Gasteiger partial charge in [-0.2, -0.15) is 4.98 Å². The lowest BCUT2D eigenvalue weighted by atomic mass is 10.2. The summed E-state index contributed by atoms with van der Waals surface area (Å²) in [5.41, 5.74) is 1.08. The Morgan fingerprint density at radius 3 is 2.83 bits per heavy atom. The first-order valence-electron chi connectivity index (χ1n) is 7.58. The van der Waals surface area contributed by atoms with Gasteiger partial charge in [0.05, 0.1) is 7.11 Å². The summed E-state index contributed by atoms with van der Waals surface area (Å²) < 4.78 is 10.4. The van der Waals surface area contributed by atoms with Crippen molar-refractivity contribution in [1.29, 1.82) is 0 Å². The SMILES string of the molecule is CN=C(NCCCc1nc(C)no1)NCc1ccccc1OC. The quantitative estimate of drug-likeness (QED) is 0.459. The van der Waals surface area contributed by atoms with Crippen LogP contribution in [-0.4, -0.2) is 36.8 Å². The van der Waals surface area contributed by atoms with Gasteiger partial charge in [-0.15, -0.1) is 0 Å². The van der Waals surface area contributed by atoms with E-state index < -0.39 is 0 Å². The number of aliphatic imine (C=N–C) groups is 1. The van der Waals surface area contributed by atoms with Crippen molar-refractivity contribution < 1.29 is 9.26 Å². The van der Waals surface area contributed by atoms with E-state index in [2.05, 4.69) is 25.8 Å². The number of hydrogen-bond acceptors (Lipinski definition) is 5. The molecule has 0 saturated carbocycles. The van der Waals surface area contributed by atoms with Gasteiger partial charge in [0.15, 0.2) is 11.8 Å². The fraction of sp³-hybridized carbons (Fsp3) is 0.438. The fourth-order valence-corrected chi connectivity index (χ4v) is 2.14. The molecule has 0 bridgehead atoms. The number of nitrogens with zero attached hydrogens (tertiary/aromatic N) is 3. The van der Waals surface area contributed by atoms with Gasteiger partial charge in [0.25, 0.3) is 0 Å². The molecule has 0 spiro atoms. The van der Waals surface area contributed by atoms with Crippen molar-refractivity contribution in [3.63, 3.8) is 0 Å². The topological polar surface area (TPSA) is 84.6 Å². The van der Waals surface area contributed by atoms with Gasteiger partial charge in [-0.3, -0.25) is 4.99 Å². The van der Waals surface area contributed by atoms with Crippen molar-refractivity contribution in [2.75, 3.05) is 20.7 Å². The summed E-state index contributed by atoms with van der Waals surface area (Å²) in [6, 6.07) is 7.91. The number of aryl methyl sites for hydroxylation is 2. The largest absolute Gasteiger partial charge is 0.496 e. The van der Waals surface area contributed by atoms with E-state index in [0.29, 0.717) is 18.3 Å². The number of methoxy groups -OCH3 is 1. The standard InChI is InChI=1S/C16H23N5O2/c1-12-20-15(23-21-12)9-6-10-18-16(17-2)19-11-13-7-4-5-8-14(13)22-3/h4-5,7-8H,6,9-11H2,1-3H3,(H2,17,18,19). The Morgan fingerprint density at radius 2 is 2.13 bits per heavy atom. The Hall–Kier alpha value is -2.57. The Bertz CT molecular complexity index is 639. The number of nitrogens with one attached hydrogen (secondary N) is 2. The molecule has 2 aromatic rings. The third kappa shape index (κ3) is 5.28. The van der Waals surface area contributed by atoms with Crippen LogP contribution in [0.3, 0.4) is 0 Å². The van der Waals surface area contributed by atoms with Crippen LogP contribution in [0.5, 0.6) is 5.75 Å². The average Bonchev–Trinajstić information content (AvgIpc) is 3.00. The van der Waals surface area contributed by atoms with Crippen molar-refractivity contribution in [2.24, 2.45) is 4.99 Å². The van der Waals surface area contributed by atoms with Gasteiger partial charge in [-0.05, 0) is 19.4 Å². The van der Waals surface area contributed by atoms with Crippen LogP contribution < -0.4 is 15.4 Å². The third-order valence-corrected chi connectivity index (χ3v) is 3.29. The maximum atomic E-state index is 5.34. The Morgan fingerprint density at radius 1 is 1.30 bits per heavy atom. The molecular weight excluding hydrogens is 294 g/mol. The van der Waals surface area contributed by atoms with Crippen molar-refractivity contribution in [1.82, 2.24) is 20.8 Å². The Labute approximate surface area is 136 Å². The molecule has 0 aliphatic carbocycles. The summed E-state index contributed by atoms with van der Waals surface area (Å²) in [4.78, 5) is 8.39. The van der Waals surface area contributed by atoms with Crippen molar-refractivity contribution in [3.05, 3.63) is 41.5 Å². The molecule has 7 nitrogen and oxygen atoms in total. The molecule has 23 heavy (non-hydrogen) atoms. The summed E-state index contributed by atoms with van der Waals surface area (Å²) in [5, 5.41) is 10.3. The monoisotopic (exact) mass is 317 g/mol. The van der Waals surface area contributed by atoms with E-state index in [0.717, 1.165) is 36.7 Å². The van der Waals surface area contributed by atoms with Crippen LogP contribution in [-0.2, 0) is 13.0 Å². The molecule has 7 heteroatoms. The molecule has 0 atom stereocenters. The van der Waals surface area contributed by atoms with Crippen molar-refractivity contribution in [2.45, 2.75) is 26.3 Å². The zero-order chi connectivity index (χ0) is 16.5. The van der Waals surface area contributed by atoms with E-state index in [9.17, 15) is 0 Å². The minimum atomic E-state index is 0.645. The Kier molecular flexibility index (Phi) is 6.40. The zero-order valence-electron chi connectivity index (χ0n) is 13.8. The van der Waals surface area contributed by atoms with Crippen molar-refractivity contribution in [3.8, 4) is 5.75 Å². The molecule has 0 radical (unpaired) electrons. The molecular formula is C16H23N5O2. The molecule has 0 amide bonds. The van der Waals surface area contributed by atoms with Crippen molar-refractivity contribution >= 4 is 5.96 Å². The third-order valence-electron chi connectivity index (χ3n) is 3.29. The molecule has 1 heterocycles. The van der Waals surface area contributed by atoms with Crippen LogP contribution >= 0.6 is 0 Å². The van der Waals surface area contributed by atoms with Crippen LogP contribution in [0.1, 0.15) is 23.7 Å². The highest BCUT2D eigenvalue weighted by molar-refractivity contribution is 5.79. The first-order valence-corrected chi connectivity index (χ1v) is 7.58.